The molecule has 0 unspecified atom stereocenters. The Kier molecular flexibility index (Phi) is 3.34. The first kappa shape index (κ1) is 13.7. The van der Waals surface area contributed by atoms with Gasteiger partial charge in [-0.05, 0) is 62.1 Å². The van der Waals surface area contributed by atoms with E-state index < -0.39 is 0 Å². The van der Waals surface area contributed by atoms with Gasteiger partial charge in [0.1, 0.15) is 0 Å². The maximum absolute atomic E-state index is 6.17. The number of anilines is 1. The molecule has 1 aromatic heterocycles. The Bertz CT molecular complexity index is 817. The van der Waals surface area contributed by atoms with Crippen molar-refractivity contribution in [1.29, 1.82) is 0 Å². The Balaban J connectivity index is 1.72. The van der Waals surface area contributed by atoms with Gasteiger partial charge in [-0.3, -0.25) is 0 Å². The van der Waals surface area contributed by atoms with Gasteiger partial charge in [-0.2, -0.15) is 0 Å². The van der Waals surface area contributed by atoms with Crippen LogP contribution in [0.15, 0.2) is 42.5 Å². The summed E-state index contributed by atoms with van der Waals surface area (Å²) >= 11 is 6.17. The molecule has 2 nitrogen and oxygen atoms in total. The molecular weight excluding hydrogens is 292 g/mol. The standard InChI is InChI=1S/C19H19ClN2/c1-12-5-8-14(9-6-12)21-18-4-2-3-15-16-11-13(20)7-10-17(16)22-19(15)18/h5-11,18,21-22H,2-4H2,1H3/t18-/m1/s1. The number of fused-ring (bicyclic) bond motifs is 3. The molecule has 1 atom stereocenters. The van der Waals surface area contributed by atoms with Crippen LogP contribution in [-0.2, 0) is 6.42 Å². The Morgan fingerprint density at radius 1 is 1.14 bits per heavy atom. The number of nitrogens with one attached hydrogen (secondary N) is 2. The fourth-order valence-electron chi connectivity index (χ4n) is 3.43. The lowest BCUT2D eigenvalue weighted by Gasteiger charge is -2.25. The molecule has 1 heterocycles. The summed E-state index contributed by atoms with van der Waals surface area (Å²) in [4.78, 5) is 3.60. The zero-order valence-corrected chi connectivity index (χ0v) is 13.4. The predicted octanol–water partition coefficient (Wildman–Crippen LogP) is 5.62. The lowest BCUT2D eigenvalue weighted by atomic mass is 9.91. The van der Waals surface area contributed by atoms with Crippen molar-refractivity contribution >= 4 is 28.2 Å². The predicted molar refractivity (Wildman–Crippen MR) is 93.8 cm³/mol. The van der Waals surface area contributed by atoms with Crippen molar-refractivity contribution in [1.82, 2.24) is 4.98 Å². The third-order valence-electron chi connectivity index (χ3n) is 4.56. The largest absolute Gasteiger partial charge is 0.377 e. The van der Waals surface area contributed by atoms with Crippen LogP contribution in [0.3, 0.4) is 0 Å². The van der Waals surface area contributed by atoms with Gasteiger partial charge in [-0.1, -0.05) is 29.3 Å². The molecule has 0 radical (unpaired) electrons. The molecule has 0 saturated carbocycles. The molecule has 0 amide bonds. The zero-order valence-electron chi connectivity index (χ0n) is 12.6. The molecule has 0 aliphatic heterocycles. The van der Waals surface area contributed by atoms with Crippen LogP contribution in [0, 0.1) is 6.92 Å². The van der Waals surface area contributed by atoms with E-state index in [4.69, 9.17) is 11.6 Å². The highest BCUT2D eigenvalue weighted by molar-refractivity contribution is 6.31. The van der Waals surface area contributed by atoms with Crippen molar-refractivity contribution in [2.45, 2.75) is 32.2 Å². The maximum Gasteiger partial charge on any atom is 0.0666 e. The van der Waals surface area contributed by atoms with Crippen molar-refractivity contribution in [2.24, 2.45) is 0 Å². The molecule has 3 heteroatoms. The van der Waals surface area contributed by atoms with E-state index in [0.29, 0.717) is 6.04 Å². The van der Waals surface area contributed by atoms with Gasteiger partial charge in [0, 0.05) is 27.3 Å². The van der Waals surface area contributed by atoms with Crippen molar-refractivity contribution < 1.29 is 0 Å². The maximum atomic E-state index is 6.17. The molecule has 0 saturated heterocycles. The first-order valence-electron chi connectivity index (χ1n) is 7.84. The van der Waals surface area contributed by atoms with E-state index >= 15 is 0 Å². The summed E-state index contributed by atoms with van der Waals surface area (Å²) in [5.41, 5.74) is 6.40. The summed E-state index contributed by atoms with van der Waals surface area (Å²) < 4.78 is 0. The molecule has 3 aromatic rings. The van der Waals surface area contributed by atoms with E-state index in [1.807, 2.05) is 6.07 Å². The third-order valence-corrected chi connectivity index (χ3v) is 4.80. The average Bonchev–Trinajstić information content (AvgIpc) is 2.89. The number of hydrogen-bond acceptors (Lipinski definition) is 1. The summed E-state index contributed by atoms with van der Waals surface area (Å²) in [5.74, 6) is 0. The van der Waals surface area contributed by atoms with E-state index in [2.05, 4.69) is 53.6 Å². The smallest absolute Gasteiger partial charge is 0.0666 e. The minimum atomic E-state index is 0.345. The van der Waals surface area contributed by atoms with Gasteiger partial charge >= 0.3 is 0 Å². The van der Waals surface area contributed by atoms with Crippen LogP contribution in [0.1, 0.15) is 35.7 Å². The SMILES string of the molecule is Cc1ccc(N[C@@H]2CCCc3c2[nH]c2ccc(Cl)cc32)cc1. The van der Waals surface area contributed by atoms with Crippen LogP contribution in [-0.4, -0.2) is 4.98 Å². The van der Waals surface area contributed by atoms with Gasteiger partial charge in [-0.15, -0.1) is 0 Å². The van der Waals surface area contributed by atoms with Crippen LogP contribution < -0.4 is 5.32 Å². The first-order valence-corrected chi connectivity index (χ1v) is 8.22. The molecule has 1 aliphatic rings. The molecular formula is C19H19ClN2. The molecule has 0 bridgehead atoms. The highest BCUT2D eigenvalue weighted by Gasteiger charge is 2.24. The Hall–Kier alpha value is -1.93. The molecule has 0 fully saturated rings. The van der Waals surface area contributed by atoms with Gasteiger partial charge in [0.25, 0.3) is 0 Å². The summed E-state index contributed by atoms with van der Waals surface area (Å²) in [6.07, 6.45) is 3.49. The van der Waals surface area contributed by atoms with Crippen LogP contribution in [0.25, 0.3) is 10.9 Å². The Morgan fingerprint density at radius 3 is 2.77 bits per heavy atom. The number of H-pyrrole nitrogens is 1. The normalized spacial score (nSPS) is 17.5. The fraction of sp³-hybridized carbons (Fsp3) is 0.263. The van der Waals surface area contributed by atoms with Crippen molar-refractivity contribution in [3.8, 4) is 0 Å². The minimum Gasteiger partial charge on any atom is -0.377 e. The Labute approximate surface area is 135 Å². The van der Waals surface area contributed by atoms with Crippen LogP contribution in [0.4, 0.5) is 5.69 Å². The minimum absolute atomic E-state index is 0.345. The summed E-state index contributed by atoms with van der Waals surface area (Å²) in [5, 5.41) is 5.76. The van der Waals surface area contributed by atoms with Crippen LogP contribution >= 0.6 is 11.6 Å². The molecule has 2 aromatic carbocycles. The number of rotatable bonds is 2. The summed E-state index contributed by atoms with van der Waals surface area (Å²) in [7, 11) is 0. The lowest BCUT2D eigenvalue weighted by Crippen LogP contribution is -2.17. The number of benzene rings is 2. The van der Waals surface area contributed by atoms with Crippen molar-refractivity contribution in [3.05, 3.63) is 64.3 Å². The summed E-state index contributed by atoms with van der Waals surface area (Å²) in [6.45, 7) is 2.12. The molecule has 2 N–H and O–H groups in total. The number of aromatic nitrogens is 1. The van der Waals surface area contributed by atoms with E-state index in [0.717, 1.165) is 17.9 Å². The fourth-order valence-corrected chi connectivity index (χ4v) is 3.60. The first-order chi connectivity index (χ1) is 10.7. The number of halogens is 1. The van der Waals surface area contributed by atoms with E-state index in [-0.39, 0.29) is 0 Å². The quantitative estimate of drug-likeness (QED) is 0.631. The highest BCUT2D eigenvalue weighted by Crippen LogP contribution is 2.37. The van der Waals surface area contributed by atoms with Gasteiger partial charge in [0.05, 0.1) is 6.04 Å². The van der Waals surface area contributed by atoms with Gasteiger partial charge in [0.2, 0.25) is 0 Å². The van der Waals surface area contributed by atoms with Crippen molar-refractivity contribution in [3.63, 3.8) is 0 Å². The summed E-state index contributed by atoms with van der Waals surface area (Å²) in [6, 6.07) is 15.1. The van der Waals surface area contributed by atoms with E-state index in [1.165, 1.54) is 39.8 Å². The molecule has 22 heavy (non-hydrogen) atoms. The van der Waals surface area contributed by atoms with Crippen LogP contribution in [0.2, 0.25) is 5.02 Å². The van der Waals surface area contributed by atoms with E-state index in [9.17, 15) is 0 Å². The van der Waals surface area contributed by atoms with Gasteiger partial charge < -0.3 is 10.3 Å². The zero-order chi connectivity index (χ0) is 15.1. The number of aromatic amines is 1. The molecule has 4 rings (SSSR count). The van der Waals surface area contributed by atoms with Crippen molar-refractivity contribution in [2.75, 3.05) is 5.32 Å². The number of aryl methyl sites for hydroxylation is 2. The van der Waals surface area contributed by atoms with Gasteiger partial charge in [-0.25, -0.2) is 0 Å². The van der Waals surface area contributed by atoms with Gasteiger partial charge in [0.15, 0.2) is 0 Å². The second kappa shape index (κ2) is 5.36. The average molecular weight is 311 g/mol. The highest BCUT2D eigenvalue weighted by atomic mass is 35.5. The lowest BCUT2D eigenvalue weighted by molar-refractivity contribution is 0.593. The Morgan fingerprint density at radius 2 is 1.95 bits per heavy atom. The molecule has 112 valence electrons. The van der Waals surface area contributed by atoms with E-state index in [1.54, 1.807) is 0 Å². The molecule has 0 spiro atoms. The number of hydrogen-bond donors (Lipinski definition) is 2. The topological polar surface area (TPSA) is 27.8 Å². The molecule has 1 aliphatic carbocycles. The van der Waals surface area contributed by atoms with Crippen LogP contribution in [0.5, 0.6) is 0 Å². The monoisotopic (exact) mass is 310 g/mol. The third kappa shape index (κ3) is 2.38. The second-order valence-corrected chi connectivity index (χ2v) is 6.60. The second-order valence-electron chi connectivity index (χ2n) is 6.16.